The van der Waals surface area contributed by atoms with Gasteiger partial charge in [-0.15, -0.1) is 0 Å². The van der Waals surface area contributed by atoms with Crippen molar-refractivity contribution in [1.82, 2.24) is 0 Å². The van der Waals surface area contributed by atoms with Crippen molar-refractivity contribution in [3.8, 4) is 0 Å². The molecule has 1 aliphatic carbocycles. The van der Waals surface area contributed by atoms with Crippen LogP contribution in [0.3, 0.4) is 0 Å². The number of carbonyl (C=O) groups excluding carboxylic acids is 1. The molecule has 0 aromatic rings. The van der Waals surface area contributed by atoms with Crippen LogP contribution in [0.1, 0.15) is 32.1 Å². The van der Waals surface area contributed by atoms with Gasteiger partial charge in [-0.3, -0.25) is 9.59 Å². The van der Waals surface area contributed by atoms with Gasteiger partial charge in [0.2, 0.25) is 0 Å². The number of carbonyl (C=O) groups is 2. The lowest BCUT2D eigenvalue weighted by atomic mass is 9.98. The Hall–Kier alpha value is -0.330. The fourth-order valence-electron chi connectivity index (χ4n) is 2.01. The number of aliphatic carboxylic acids is 1. The smallest absolute Gasteiger partial charge is 0.316 e. The van der Waals surface area contributed by atoms with E-state index in [9.17, 15) is 9.59 Å². The molecular formula is C10H15IO4. The maximum absolute atomic E-state index is 11.1. The third-order valence-electron chi connectivity index (χ3n) is 2.69. The van der Waals surface area contributed by atoms with E-state index >= 15 is 0 Å². The van der Waals surface area contributed by atoms with Gasteiger partial charge in [-0.25, -0.2) is 0 Å². The number of esters is 1. The molecule has 0 radical (unpaired) electrons. The summed E-state index contributed by atoms with van der Waals surface area (Å²) in [6.07, 6.45) is 3.70. The maximum atomic E-state index is 11.1. The van der Waals surface area contributed by atoms with Crippen LogP contribution >= 0.6 is 22.6 Å². The summed E-state index contributed by atoms with van der Waals surface area (Å²) in [7, 11) is 0. The Labute approximate surface area is 103 Å². The minimum atomic E-state index is -0.895. The van der Waals surface area contributed by atoms with E-state index in [1.807, 2.05) is 22.6 Å². The molecule has 0 heterocycles. The summed E-state index contributed by atoms with van der Waals surface area (Å²) < 4.78 is 5.45. The minimum absolute atomic E-state index is 0.0625. The van der Waals surface area contributed by atoms with Gasteiger partial charge in [-0.1, -0.05) is 35.4 Å². The van der Waals surface area contributed by atoms with Gasteiger partial charge in [-0.2, -0.15) is 0 Å². The standard InChI is InChI=1S/C10H15IO4/c11-6-10(14)15-8(5-9(12)13)7-3-1-2-4-7/h7-8H,1-6H2,(H,12,13). The van der Waals surface area contributed by atoms with Crippen molar-refractivity contribution in [1.29, 1.82) is 0 Å². The van der Waals surface area contributed by atoms with Gasteiger partial charge < -0.3 is 9.84 Å². The summed E-state index contributed by atoms with van der Waals surface area (Å²) in [4.78, 5) is 21.8. The second-order valence-corrected chi connectivity index (χ2v) is 4.57. The molecule has 0 saturated heterocycles. The summed E-state index contributed by atoms with van der Waals surface area (Å²) in [6.45, 7) is 0. The van der Waals surface area contributed by atoms with Crippen molar-refractivity contribution in [2.24, 2.45) is 5.92 Å². The molecular weight excluding hydrogens is 311 g/mol. The molecule has 5 heteroatoms. The number of halogens is 1. The first-order valence-corrected chi connectivity index (χ1v) is 6.63. The zero-order valence-corrected chi connectivity index (χ0v) is 10.6. The summed E-state index contributed by atoms with van der Waals surface area (Å²) >= 11 is 1.92. The molecule has 1 N–H and O–H groups in total. The van der Waals surface area contributed by atoms with E-state index in [-0.39, 0.29) is 22.7 Å². The SMILES string of the molecule is O=C(O)CC(OC(=O)CI)C1CCCC1. The number of hydrogen-bond donors (Lipinski definition) is 1. The molecule has 1 rings (SSSR count). The van der Waals surface area contributed by atoms with Gasteiger partial charge in [0.05, 0.1) is 10.8 Å². The van der Waals surface area contributed by atoms with Crippen LogP contribution in [0, 0.1) is 5.92 Å². The number of hydrogen-bond acceptors (Lipinski definition) is 3. The van der Waals surface area contributed by atoms with Crippen LogP contribution in [0.15, 0.2) is 0 Å². The van der Waals surface area contributed by atoms with Crippen LogP contribution < -0.4 is 0 Å². The average Bonchev–Trinajstić information content (AvgIpc) is 2.68. The fraction of sp³-hybridized carbons (Fsp3) is 0.800. The van der Waals surface area contributed by atoms with Crippen LogP contribution in [-0.2, 0) is 14.3 Å². The highest BCUT2D eigenvalue weighted by molar-refractivity contribution is 14.1. The number of alkyl halides is 1. The largest absolute Gasteiger partial charge is 0.481 e. The Kier molecular flexibility index (Phi) is 5.35. The van der Waals surface area contributed by atoms with Crippen molar-refractivity contribution < 1.29 is 19.4 Å². The zero-order chi connectivity index (χ0) is 11.3. The van der Waals surface area contributed by atoms with Crippen LogP contribution in [0.25, 0.3) is 0 Å². The van der Waals surface area contributed by atoms with E-state index in [0.29, 0.717) is 0 Å². The fourth-order valence-corrected chi connectivity index (χ4v) is 2.19. The number of carboxylic acids is 1. The molecule has 86 valence electrons. The zero-order valence-electron chi connectivity index (χ0n) is 8.45. The Morgan fingerprint density at radius 3 is 2.47 bits per heavy atom. The first-order valence-electron chi connectivity index (χ1n) is 5.10. The molecule has 15 heavy (non-hydrogen) atoms. The molecule has 1 atom stereocenters. The predicted octanol–water partition coefficient (Wildman–Crippen LogP) is 2.00. The summed E-state index contributed by atoms with van der Waals surface area (Å²) in [5.74, 6) is -0.963. The minimum Gasteiger partial charge on any atom is -0.481 e. The first-order chi connectivity index (χ1) is 7.13. The van der Waals surface area contributed by atoms with Crippen molar-refractivity contribution in [2.75, 3.05) is 4.43 Å². The van der Waals surface area contributed by atoms with Gasteiger partial charge in [0.25, 0.3) is 0 Å². The van der Waals surface area contributed by atoms with Crippen LogP contribution in [0.2, 0.25) is 0 Å². The molecule has 1 aliphatic rings. The molecule has 0 aromatic carbocycles. The normalized spacial score (nSPS) is 18.7. The Balaban J connectivity index is 2.51. The van der Waals surface area contributed by atoms with E-state index in [0.717, 1.165) is 25.7 Å². The first kappa shape index (κ1) is 12.7. The van der Waals surface area contributed by atoms with Crippen molar-refractivity contribution in [3.05, 3.63) is 0 Å². The second kappa shape index (κ2) is 6.30. The number of carboxylic acid groups (broad SMARTS) is 1. The molecule has 0 aliphatic heterocycles. The quantitative estimate of drug-likeness (QED) is 0.477. The Morgan fingerprint density at radius 2 is 2.00 bits per heavy atom. The Bertz CT molecular complexity index is 236. The highest BCUT2D eigenvalue weighted by Crippen LogP contribution is 2.30. The van der Waals surface area contributed by atoms with Crippen molar-refractivity contribution in [3.63, 3.8) is 0 Å². The summed E-state index contributed by atoms with van der Waals surface area (Å²) in [6, 6.07) is 0. The molecule has 0 amide bonds. The average molecular weight is 326 g/mol. The van der Waals surface area contributed by atoms with E-state index in [1.165, 1.54) is 0 Å². The van der Waals surface area contributed by atoms with E-state index in [2.05, 4.69) is 0 Å². The molecule has 0 aromatic heterocycles. The van der Waals surface area contributed by atoms with Gasteiger partial charge in [0.15, 0.2) is 0 Å². The monoisotopic (exact) mass is 326 g/mol. The van der Waals surface area contributed by atoms with Gasteiger partial charge >= 0.3 is 11.9 Å². The van der Waals surface area contributed by atoms with E-state index in [1.54, 1.807) is 0 Å². The second-order valence-electron chi connectivity index (χ2n) is 3.80. The van der Waals surface area contributed by atoms with E-state index < -0.39 is 12.1 Å². The van der Waals surface area contributed by atoms with Crippen LogP contribution in [0.5, 0.6) is 0 Å². The number of rotatable bonds is 5. The lowest BCUT2D eigenvalue weighted by Crippen LogP contribution is -2.28. The Morgan fingerprint density at radius 1 is 1.40 bits per heavy atom. The van der Waals surface area contributed by atoms with E-state index in [4.69, 9.17) is 9.84 Å². The van der Waals surface area contributed by atoms with Gasteiger partial charge in [-0.05, 0) is 18.8 Å². The summed E-state index contributed by atoms with van der Waals surface area (Å²) in [5.41, 5.74) is 0. The third-order valence-corrected chi connectivity index (χ3v) is 3.32. The predicted molar refractivity (Wildman–Crippen MR) is 63.0 cm³/mol. The molecule has 1 saturated carbocycles. The number of ether oxygens (including phenoxy) is 1. The van der Waals surface area contributed by atoms with Crippen LogP contribution in [-0.4, -0.2) is 27.6 Å². The van der Waals surface area contributed by atoms with Gasteiger partial charge in [0.1, 0.15) is 6.10 Å². The highest BCUT2D eigenvalue weighted by Gasteiger charge is 2.29. The lowest BCUT2D eigenvalue weighted by Gasteiger charge is -2.21. The molecule has 0 spiro atoms. The molecule has 4 nitrogen and oxygen atoms in total. The highest BCUT2D eigenvalue weighted by atomic mass is 127. The maximum Gasteiger partial charge on any atom is 0.316 e. The molecule has 1 fully saturated rings. The summed E-state index contributed by atoms with van der Waals surface area (Å²) in [5, 5.41) is 8.74. The van der Waals surface area contributed by atoms with Crippen LogP contribution in [0.4, 0.5) is 0 Å². The topological polar surface area (TPSA) is 63.6 Å². The van der Waals surface area contributed by atoms with Gasteiger partial charge in [0, 0.05) is 0 Å². The van der Waals surface area contributed by atoms with Crippen molar-refractivity contribution in [2.45, 2.75) is 38.2 Å². The lowest BCUT2D eigenvalue weighted by molar-refractivity contribution is -0.153. The molecule has 1 unspecified atom stereocenters. The molecule has 0 bridgehead atoms. The van der Waals surface area contributed by atoms with Crippen molar-refractivity contribution >= 4 is 34.5 Å². The third kappa shape index (κ3) is 4.36.